The minimum Gasteiger partial charge on any atom is -0.457 e. The number of carbonyl (C=O) groups excluding carboxylic acids is 1. The highest BCUT2D eigenvalue weighted by Crippen LogP contribution is 2.40. The Hall–Kier alpha value is -6.25. The van der Waals surface area contributed by atoms with Gasteiger partial charge in [0.1, 0.15) is 32.8 Å². The SMILES string of the molecule is COS(=O)(=O)c1cc(C(=O)c2ccc(Oc3ccc(S(=O)(=O)c4ccc(Oc5c(F)c(F)c(S(=O)(=O)c6c(F)c(F)c(C)c(F)c6F)c(F)c5F)cc4)cc3)c(CS(=O)(=O)O)c2)ccc1C. The van der Waals surface area contributed by atoms with Gasteiger partial charge in [0.15, 0.2) is 40.7 Å². The van der Waals surface area contributed by atoms with Crippen molar-refractivity contribution < 1.29 is 91.8 Å². The van der Waals surface area contributed by atoms with Gasteiger partial charge in [-0.15, -0.1) is 0 Å². The summed E-state index contributed by atoms with van der Waals surface area (Å²) in [5.41, 5.74) is -1.60. The number of ketones is 1. The van der Waals surface area contributed by atoms with Crippen LogP contribution in [0.4, 0.5) is 35.1 Å². The largest absolute Gasteiger partial charge is 0.457 e. The van der Waals surface area contributed by atoms with E-state index >= 15 is 17.6 Å². The summed E-state index contributed by atoms with van der Waals surface area (Å²) in [4.78, 5) is 6.91. The average molecular weight is 1010 g/mol. The molecule has 0 fully saturated rings. The maximum absolute atomic E-state index is 15.1. The van der Waals surface area contributed by atoms with Gasteiger partial charge in [-0.1, -0.05) is 12.1 Å². The van der Waals surface area contributed by atoms with Crippen LogP contribution < -0.4 is 9.47 Å². The minimum absolute atomic E-state index is 0.0999. The number of hydrogen-bond acceptors (Lipinski definition) is 12. The zero-order valence-electron chi connectivity index (χ0n) is 33.3. The van der Waals surface area contributed by atoms with Crippen LogP contribution in [0.25, 0.3) is 0 Å². The number of rotatable bonds is 14. The van der Waals surface area contributed by atoms with Crippen LogP contribution in [0.5, 0.6) is 23.0 Å². The van der Waals surface area contributed by atoms with E-state index in [0.717, 1.165) is 73.8 Å². The zero-order valence-corrected chi connectivity index (χ0v) is 36.6. The molecule has 0 spiro atoms. The van der Waals surface area contributed by atoms with Gasteiger partial charge in [-0.3, -0.25) is 13.5 Å². The Kier molecular flexibility index (Phi) is 13.3. The lowest BCUT2D eigenvalue weighted by molar-refractivity contribution is 0.103. The van der Waals surface area contributed by atoms with Crippen LogP contribution in [-0.4, -0.2) is 51.1 Å². The molecule has 0 saturated heterocycles. The smallest absolute Gasteiger partial charge is 0.296 e. The molecule has 0 atom stereocenters. The van der Waals surface area contributed by atoms with Crippen molar-refractivity contribution in [1.82, 2.24) is 0 Å². The third kappa shape index (κ3) is 9.26. The lowest BCUT2D eigenvalue weighted by Gasteiger charge is -2.15. The molecule has 6 rings (SSSR count). The quantitative estimate of drug-likeness (QED) is 0.0358. The lowest BCUT2D eigenvalue weighted by atomic mass is 10.0. The Morgan fingerprint density at radius 1 is 0.545 bits per heavy atom. The second-order valence-electron chi connectivity index (χ2n) is 13.8. The van der Waals surface area contributed by atoms with E-state index in [-0.39, 0.29) is 38.6 Å². The van der Waals surface area contributed by atoms with E-state index in [1.807, 2.05) is 0 Å². The summed E-state index contributed by atoms with van der Waals surface area (Å²) in [7, 11) is -18.9. The first-order valence-electron chi connectivity index (χ1n) is 17.9. The Balaban J connectivity index is 1.23. The molecular formula is C41H26F8O13S4. The van der Waals surface area contributed by atoms with Gasteiger partial charge in [0.05, 0.1) is 21.8 Å². The summed E-state index contributed by atoms with van der Waals surface area (Å²) in [5.74, 6) is -25.4. The lowest BCUT2D eigenvalue weighted by Crippen LogP contribution is -2.17. The molecule has 6 aromatic carbocycles. The van der Waals surface area contributed by atoms with E-state index in [1.165, 1.54) is 25.1 Å². The molecule has 0 aliphatic heterocycles. The molecule has 6 aromatic rings. The molecule has 0 radical (unpaired) electrons. The Labute approximate surface area is 369 Å². The Morgan fingerprint density at radius 3 is 1.45 bits per heavy atom. The van der Waals surface area contributed by atoms with Gasteiger partial charge in [-0.25, -0.2) is 43.2 Å². The van der Waals surface area contributed by atoms with Crippen LogP contribution in [0.15, 0.2) is 109 Å². The van der Waals surface area contributed by atoms with Gasteiger partial charge in [0.2, 0.25) is 37.1 Å². The van der Waals surface area contributed by atoms with Gasteiger partial charge in [-0.05, 0) is 92.2 Å². The number of carbonyl (C=O) groups is 1. The van der Waals surface area contributed by atoms with Gasteiger partial charge in [-0.2, -0.15) is 25.6 Å². The summed E-state index contributed by atoms with van der Waals surface area (Å²) in [6, 6.07) is 14.6. The van der Waals surface area contributed by atoms with Crippen molar-refractivity contribution in [3.8, 4) is 23.0 Å². The standard InChI is InChI=1S/C41H26F8O13S4/c1-19-4-5-22(17-29(19)66(58,59)60-3)38(50)21-6-15-28(23(16-21)18-63(51,52)53)61-24-7-11-26(12-8-24)64(54,55)27-13-9-25(10-14-27)62-39-32(44)36(48)41(37(49)33(39)45)65(56,57)40-34(46)30(42)20(2)31(43)35(40)47/h4-17H,18H2,1-3H3,(H,51,52,53). The fourth-order valence-corrected chi connectivity index (χ4v) is 10.4. The Morgan fingerprint density at radius 2 is 0.985 bits per heavy atom. The first-order valence-corrected chi connectivity index (χ1v) is 23.9. The molecule has 348 valence electrons. The maximum Gasteiger partial charge on any atom is 0.296 e. The summed E-state index contributed by atoms with van der Waals surface area (Å²) < 4.78 is 243. The molecule has 0 amide bonds. The highest BCUT2D eigenvalue weighted by atomic mass is 32.2. The van der Waals surface area contributed by atoms with Gasteiger partial charge >= 0.3 is 0 Å². The van der Waals surface area contributed by atoms with Crippen molar-refractivity contribution in [2.24, 2.45) is 0 Å². The first kappa shape index (κ1) is 49.2. The van der Waals surface area contributed by atoms with E-state index in [2.05, 4.69) is 4.18 Å². The minimum atomic E-state index is -6.40. The van der Waals surface area contributed by atoms with Crippen molar-refractivity contribution in [2.45, 2.75) is 44.1 Å². The molecule has 0 unspecified atom stereocenters. The molecule has 13 nitrogen and oxygen atoms in total. The van der Waals surface area contributed by atoms with Crippen LogP contribution in [0.2, 0.25) is 0 Å². The molecule has 0 bridgehead atoms. The highest BCUT2D eigenvalue weighted by molar-refractivity contribution is 7.92. The van der Waals surface area contributed by atoms with Crippen molar-refractivity contribution in [2.75, 3.05) is 7.11 Å². The molecule has 0 aliphatic carbocycles. The molecule has 66 heavy (non-hydrogen) atoms. The Bertz CT molecular complexity index is 3400. The predicted octanol–water partition coefficient (Wildman–Crippen LogP) is 8.62. The predicted molar refractivity (Wildman–Crippen MR) is 212 cm³/mol. The number of halogens is 8. The number of hydrogen-bond donors (Lipinski definition) is 1. The number of aryl methyl sites for hydroxylation is 1. The van der Waals surface area contributed by atoms with Crippen LogP contribution in [-0.2, 0) is 49.8 Å². The molecule has 0 heterocycles. The first-order chi connectivity index (χ1) is 30.6. The zero-order chi connectivity index (χ0) is 49.0. The van der Waals surface area contributed by atoms with E-state index in [1.54, 1.807) is 0 Å². The molecule has 0 saturated carbocycles. The van der Waals surface area contributed by atoms with E-state index in [0.29, 0.717) is 6.92 Å². The van der Waals surface area contributed by atoms with Gasteiger partial charge in [0, 0.05) is 22.3 Å². The number of benzene rings is 6. The summed E-state index contributed by atoms with van der Waals surface area (Å²) in [6.07, 6.45) is 0. The molecule has 0 aliphatic rings. The number of sulfone groups is 2. The van der Waals surface area contributed by atoms with Crippen molar-refractivity contribution in [3.05, 3.63) is 159 Å². The topological polar surface area (TPSA) is 202 Å². The maximum atomic E-state index is 15.1. The molecule has 1 N–H and O–H groups in total. The van der Waals surface area contributed by atoms with Crippen molar-refractivity contribution in [1.29, 1.82) is 0 Å². The molecular weight excluding hydrogens is 981 g/mol. The van der Waals surface area contributed by atoms with Crippen LogP contribution in [0, 0.1) is 60.4 Å². The summed E-state index contributed by atoms with van der Waals surface area (Å²) in [6.45, 7) is 1.96. The highest BCUT2D eigenvalue weighted by Gasteiger charge is 2.41. The second-order valence-corrected chi connectivity index (χ2v) is 20.7. The monoisotopic (exact) mass is 1010 g/mol. The van der Waals surface area contributed by atoms with Crippen LogP contribution >= 0.6 is 0 Å². The fraction of sp³-hybridized carbons (Fsp3) is 0.0976. The fourth-order valence-electron chi connectivity index (χ4n) is 6.13. The van der Waals surface area contributed by atoms with E-state index in [9.17, 15) is 60.6 Å². The van der Waals surface area contributed by atoms with Crippen molar-refractivity contribution >= 4 is 45.7 Å². The summed E-state index contributed by atoms with van der Waals surface area (Å²) in [5, 5.41) is 0. The second kappa shape index (κ2) is 17.9. The van der Waals surface area contributed by atoms with E-state index < -0.39 is 135 Å². The normalized spacial score (nSPS) is 12.3. The van der Waals surface area contributed by atoms with Crippen LogP contribution in [0.1, 0.15) is 32.6 Å². The number of ether oxygens (including phenoxy) is 2. The van der Waals surface area contributed by atoms with Crippen LogP contribution in [0.3, 0.4) is 0 Å². The third-order valence-electron chi connectivity index (χ3n) is 9.48. The van der Waals surface area contributed by atoms with Crippen molar-refractivity contribution in [3.63, 3.8) is 0 Å². The summed E-state index contributed by atoms with van der Waals surface area (Å²) >= 11 is 0. The molecule has 25 heteroatoms. The van der Waals surface area contributed by atoms with Gasteiger partial charge < -0.3 is 9.47 Å². The average Bonchev–Trinajstić information content (AvgIpc) is 3.26. The van der Waals surface area contributed by atoms with Gasteiger partial charge in [0.25, 0.3) is 20.2 Å². The molecule has 0 aromatic heterocycles. The van der Waals surface area contributed by atoms with E-state index in [4.69, 9.17) is 9.47 Å². The third-order valence-corrected chi connectivity index (χ3v) is 15.1.